The Kier molecular flexibility index (Phi) is 8.68. The van der Waals surface area contributed by atoms with Crippen molar-refractivity contribution < 1.29 is 19.1 Å². The van der Waals surface area contributed by atoms with Crippen LogP contribution in [-0.4, -0.2) is 55.6 Å². The number of aromatic nitrogens is 4. The van der Waals surface area contributed by atoms with Gasteiger partial charge in [0, 0.05) is 0 Å². The van der Waals surface area contributed by atoms with Crippen molar-refractivity contribution in [2.45, 2.75) is 79.1 Å². The van der Waals surface area contributed by atoms with E-state index in [1.807, 2.05) is 26.8 Å². The molecule has 0 spiro atoms. The van der Waals surface area contributed by atoms with Crippen LogP contribution in [0.25, 0.3) is 16.6 Å². The number of guanidine groups is 1. The summed E-state index contributed by atoms with van der Waals surface area (Å²) in [5, 5.41) is 10.3. The van der Waals surface area contributed by atoms with E-state index in [4.69, 9.17) is 20.3 Å². The van der Waals surface area contributed by atoms with Crippen molar-refractivity contribution >= 4 is 40.6 Å². The van der Waals surface area contributed by atoms with Crippen molar-refractivity contribution in [3.63, 3.8) is 0 Å². The topological polar surface area (TPSA) is 159 Å². The summed E-state index contributed by atoms with van der Waals surface area (Å²) in [6.07, 6.45) is 3.34. The molecule has 0 radical (unpaired) electrons. The summed E-state index contributed by atoms with van der Waals surface area (Å²) >= 11 is 0. The zero-order chi connectivity index (χ0) is 28.2. The van der Waals surface area contributed by atoms with Crippen molar-refractivity contribution in [3.8, 4) is 0 Å². The molecule has 0 aromatic carbocycles. The minimum Gasteiger partial charge on any atom is -0.444 e. The summed E-state index contributed by atoms with van der Waals surface area (Å²) in [5.41, 5.74) is 5.75. The summed E-state index contributed by atoms with van der Waals surface area (Å²) < 4.78 is 12.3. The molecule has 0 bridgehead atoms. The minimum absolute atomic E-state index is 0.0767. The highest BCUT2D eigenvalue weighted by atomic mass is 16.6. The molecule has 12 heteroatoms. The van der Waals surface area contributed by atoms with Gasteiger partial charge in [0.1, 0.15) is 29.0 Å². The van der Waals surface area contributed by atoms with Crippen molar-refractivity contribution in [2.75, 3.05) is 12.3 Å². The second kappa shape index (κ2) is 11.0. The molecule has 37 heavy (non-hydrogen) atoms. The maximum absolute atomic E-state index is 12.4. The highest BCUT2D eigenvalue weighted by molar-refractivity contribution is 6.01. The lowest BCUT2D eigenvalue weighted by atomic mass is 10.1. The SMILES string of the molecule is C=CC(=CC)c1nn(C(C)(C)CN=C(NC(=O)OC(C)(C)C)NC(=O)OC(C)(C)C)c2ncnc(N)c12. The van der Waals surface area contributed by atoms with Gasteiger partial charge in [0.05, 0.1) is 17.5 Å². The number of amides is 2. The molecule has 2 aromatic heterocycles. The van der Waals surface area contributed by atoms with E-state index in [-0.39, 0.29) is 18.3 Å². The Bertz CT molecular complexity index is 1200. The molecule has 0 aliphatic rings. The normalized spacial score (nSPS) is 12.6. The molecule has 2 rings (SSSR count). The van der Waals surface area contributed by atoms with Crippen molar-refractivity contribution in [1.82, 2.24) is 30.4 Å². The van der Waals surface area contributed by atoms with Crippen LogP contribution in [0, 0.1) is 0 Å². The fraction of sp³-hybridized carbons (Fsp3) is 0.520. The number of nitrogens with one attached hydrogen (secondary N) is 2. The number of nitrogens with two attached hydrogens (primary N) is 1. The molecule has 4 N–H and O–H groups in total. The Morgan fingerprint density at radius 1 is 1.05 bits per heavy atom. The molecular weight excluding hydrogens is 476 g/mol. The molecule has 0 saturated carbocycles. The van der Waals surface area contributed by atoms with Gasteiger partial charge in [-0.3, -0.25) is 10.6 Å². The summed E-state index contributed by atoms with van der Waals surface area (Å²) in [5.74, 6) is 0.147. The van der Waals surface area contributed by atoms with Gasteiger partial charge in [-0.25, -0.2) is 29.2 Å². The van der Waals surface area contributed by atoms with E-state index in [0.29, 0.717) is 16.7 Å². The molecule has 0 aliphatic carbocycles. The number of nitrogen functional groups attached to an aromatic ring is 1. The molecule has 2 amide bonds. The van der Waals surface area contributed by atoms with Gasteiger partial charge in [0.15, 0.2) is 5.65 Å². The van der Waals surface area contributed by atoms with Crippen molar-refractivity contribution in [1.29, 1.82) is 0 Å². The van der Waals surface area contributed by atoms with Crippen molar-refractivity contribution in [2.24, 2.45) is 4.99 Å². The van der Waals surface area contributed by atoms with E-state index in [2.05, 4.69) is 32.2 Å². The second-order valence-electron chi connectivity index (χ2n) is 10.9. The van der Waals surface area contributed by atoms with E-state index in [0.717, 1.165) is 5.57 Å². The number of fused-ring (bicyclic) bond motifs is 1. The molecule has 0 atom stereocenters. The first-order valence-corrected chi connectivity index (χ1v) is 11.8. The molecule has 0 fully saturated rings. The molecular formula is C25H38N8O4. The number of hydrogen-bond acceptors (Lipinski definition) is 9. The van der Waals surface area contributed by atoms with Crippen LogP contribution in [0.15, 0.2) is 30.1 Å². The lowest BCUT2D eigenvalue weighted by molar-refractivity contribution is 0.0544. The van der Waals surface area contributed by atoms with Gasteiger partial charge in [0.25, 0.3) is 0 Å². The van der Waals surface area contributed by atoms with E-state index < -0.39 is 28.9 Å². The van der Waals surface area contributed by atoms with Crippen LogP contribution in [0.5, 0.6) is 0 Å². The molecule has 0 aliphatic heterocycles. The molecule has 2 heterocycles. The first-order chi connectivity index (χ1) is 17.0. The molecule has 0 unspecified atom stereocenters. The predicted octanol–water partition coefficient (Wildman–Crippen LogP) is 4.14. The lowest BCUT2D eigenvalue weighted by Gasteiger charge is -2.25. The van der Waals surface area contributed by atoms with E-state index in [1.54, 1.807) is 52.3 Å². The van der Waals surface area contributed by atoms with Crippen molar-refractivity contribution in [3.05, 3.63) is 30.8 Å². The number of hydrogen-bond donors (Lipinski definition) is 3. The van der Waals surface area contributed by atoms with E-state index in [9.17, 15) is 9.59 Å². The average molecular weight is 515 g/mol. The summed E-state index contributed by atoms with van der Waals surface area (Å²) in [6.45, 7) is 19.9. The van der Waals surface area contributed by atoms with Gasteiger partial charge in [-0.2, -0.15) is 5.10 Å². The Labute approximate surface area is 217 Å². The Hall–Kier alpha value is -3.96. The number of carbonyl (C=O) groups excluding carboxylic acids is 2. The predicted molar refractivity (Wildman–Crippen MR) is 144 cm³/mol. The largest absolute Gasteiger partial charge is 0.444 e. The van der Waals surface area contributed by atoms with Crippen LogP contribution in [0.3, 0.4) is 0 Å². The van der Waals surface area contributed by atoms with Crippen LogP contribution in [-0.2, 0) is 15.0 Å². The maximum Gasteiger partial charge on any atom is 0.414 e. The fourth-order valence-electron chi connectivity index (χ4n) is 3.20. The Morgan fingerprint density at radius 2 is 1.59 bits per heavy atom. The van der Waals surface area contributed by atoms with Gasteiger partial charge in [-0.1, -0.05) is 18.7 Å². The number of carbonyl (C=O) groups is 2. The third kappa shape index (κ3) is 8.02. The standard InChI is InChI=1S/C25H38N8O4/c1-11-15(12-2)17-16-18(26)28-14-29-19(16)33(32-17)25(9,10)13-27-20(30-21(34)36-23(3,4)5)31-22(35)37-24(6,7)8/h11-12,14H,1,13H2,2-10H3,(H2,26,28,29)(H2,27,30,31,34,35). The average Bonchev–Trinajstić information content (AvgIpc) is 3.12. The highest BCUT2D eigenvalue weighted by Crippen LogP contribution is 2.31. The number of alkyl carbamates (subject to hydrolysis) is 2. The number of aliphatic imine (C=N–C) groups is 1. The first-order valence-electron chi connectivity index (χ1n) is 11.8. The van der Waals surface area contributed by atoms with Gasteiger partial charge >= 0.3 is 12.2 Å². The zero-order valence-electron chi connectivity index (χ0n) is 23.1. The van der Waals surface area contributed by atoms with Gasteiger partial charge in [0.2, 0.25) is 5.96 Å². The summed E-state index contributed by atoms with van der Waals surface area (Å²) in [7, 11) is 0. The van der Waals surface area contributed by atoms with Crippen LogP contribution >= 0.6 is 0 Å². The minimum atomic E-state index is -0.784. The molecule has 12 nitrogen and oxygen atoms in total. The van der Waals surface area contributed by atoms with Crippen LogP contribution in [0.1, 0.15) is 68.0 Å². The molecule has 202 valence electrons. The smallest absolute Gasteiger partial charge is 0.414 e. The summed E-state index contributed by atoms with van der Waals surface area (Å²) in [6, 6.07) is 0. The van der Waals surface area contributed by atoms with Gasteiger partial charge in [-0.15, -0.1) is 0 Å². The third-order valence-electron chi connectivity index (χ3n) is 4.73. The van der Waals surface area contributed by atoms with Crippen LogP contribution in [0.2, 0.25) is 0 Å². The van der Waals surface area contributed by atoms with Gasteiger partial charge in [-0.05, 0) is 67.9 Å². The lowest BCUT2D eigenvalue weighted by Crippen LogP contribution is -2.48. The van der Waals surface area contributed by atoms with Crippen LogP contribution < -0.4 is 16.4 Å². The Balaban J connectivity index is 2.48. The van der Waals surface area contributed by atoms with Gasteiger partial charge < -0.3 is 15.2 Å². The maximum atomic E-state index is 12.4. The quantitative estimate of drug-likeness (QED) is 0.305. The third-order valence-corrected chi connectivity index (χ3v) is 4.73. The second-order valence-corrected chi connectivity index (χ2v) is 10.9. The highest BCUT2D eigenvalue weighted by Gasteiger charge is 2.29. The number of allylic oxidation sites excluding steroid dienone is 3. The molecule has 0 saturated heterocycles. The molecule has 2 aromatic rings. The number of nitrogens with zero attached hydrogens (tertiary/aromatic N) is 5. The monoisotopic (exact) mass is 514 g/mol. The fourth-order valence-corrected chi connectivity index (χ4v) is 3.20. The Morgan fingerprint density at radius 3 is 2.05 bits per heavy atom. The number of ether oxygens (including phenoxy) is 2. The zero-order valence-corrected chi connectivity index (χ0v) is 23.1. The number of anilines is 1. The van der Waals surface area contributed by atoms with Crippen LogP contribution in [0.4, 0.5) is 15.4 Å². The number of rotatable bonds is 5. The summed E-state index contributed by atoms with van der Waals surface area (Å²) in [4.78, 5) is 37.8. The van der Waals surface area contributed by atoms with E-state index in [1.165, 1.54) is 6.33 Å². The first kappa shape index (κ1) is 29.3. The van der Waals surface area contributed by atoms with E-state index >= 15 is 0 Å².